The highest BCUT2D eigenvalue weighted by atomic mass is 19.4. The summed E-state index contributed by atoms with van der Waals surface area (Å²) >= 11 is 0. The molecule has 1 atom stereocenters. The van der Waals surface area contributed by atoms with Crippen LogP contribution in [0.3, 0.4) is 0 Å². The van der Waals surface area contributed by atoms with Gasteiger partial charge in [-0.05, 0) is 24.6 Å². The highest BCUT2D eigenvalue weighted by Crippen LogP contribution is 2.47. The Labute approximate surface area is 152 Å². The second-order valence-electron chi connectivity index (χ2n) is 5.58. The van der Waals surface area contributed by atoms with Crippen molar-refractivity contribution >= 4 is 0 Å². The van der Waals surface area contributed by atoms with Gasteiger partial charge in [0.15, 0.2) is 11.5 Å². The van der Waals surface area contributed by atoms with Crippen molar-refractivity contribution in [3.8, 4) is 23.4 Å². The van der Waals surface area contributed by atoms with Crippen LogP contribution < -0.4 is 19.9 Å². The van der Waals surface area contributed by atoms with Crippen LogP contribution in [0.15, 0.2) is 29.7 Å². The van der Waals surface area contributed by atoms with Crippen LogP contribution >= 0.6 is 0 Å². The Morgan fingerprint density at radius 1 is 1.37 bits per heavy atom. The first-order valence-corrected chi connectivity index (χ1v) is 7.85. The molecule has 27 heavy (non-hydrogen) atoms. The maximum absolute atomic E-state index is 13.4. The van der Waals surface area contributed by atoms with Crippen LogP contribution in [-0.4, -0.2) is 23.9 Å². The molecule has 0 saturated carbocycles. The van der Waals surface area contributed by atoms with E-state index in [1.807, 2.05) is 11.2 Å². The fraction of sp³-hybridized carbons (Fsp3) is 0.294. The monoisotopic (exact) mass is 380 g/mol. The van der Waals surface area contributed by atoms with E-state index < -0.39 is 17.8 Å². The molecule has 3 rings (SSSR count). The Kier molecular flexibility index (Phi) is 4.61. The first-order valence-electron chi connectivity index (χ1n) is 7.85. The molecular weight excluding hydrogens is 365 g/mol. The Morgan fingerprint density at radius 3 is 2.70 bits per heavy atom. The van der Waals surface area contributed by atoms with E-state index in [2.05, 4.69) is 5.10 Å². The van der Waals surface area contributed by atoms with E-state index in [0.717, 1.165) is 0 Å². The minimum absolute atomic E-state index is 0.152. The van der Waals surface area contributed by atoms with Gasteiger partial charge in [-0.1, -0.05) is 6.07 Å². The second kappa shape index (κ2) is 6.75. The number of hydrogen-bond donors (Lipinski definition) is 2. The van der Waals surface area contributed by atoms with Crippen molar-refractivity contribution in [3.05, 3.63) is 46.5 Å². The molecule has 10 heteroatoms. The van der Waals surface area contributed by atoms with Crippen LogP contribution in [0.25, 0.3) is 0 Å². The molecule has 0 bridgehead atoms. The Bertz CT molecular complexity index is 944. The fourth-order valence-corrected chi connectivity index (χ4v) is 2.93. The van der Waals surface area contributed by atoms with Crippen LogP contribution in [-0.2, 0) is 6.18 Å². The molecule has 1 aromatic heterocycles. The molecular formula is C17H15F3N4O3. The van der Waals surface area contributed by atoms with Crippen molar-refractivity contribution in [1.29, 1.82) is 5.26 Å². The molecule has 142 valence electrons. The van der Waals surface area contributed by atoms with E-state index in [1.165, 1.54) is 13.2 Å². The number of nitrogens with zero attached hydrogens (tertiary/aromatic N) is 2. The number of ether oxygens (including phenoxy) is 3. The highest BCUT2D eigenvalue weighted by Gasteiger charge is 2.44. The Morgan fingerprint density at radius 2 is 2.11 bits per heavy atom. The van der Waals surface area contributed by atoms with Gasteiger partial charge in [-0.25, -0.2) is 0 Å². The van der Waals surface area contributed by atoms with E-state index in [4.69, 9.17) is 19.9 Å². The molecule has 7 nitrogen and oxygen atoms in total. The number of benzene rings is 1. The largest absolute Gasteiger partial charge is 0.493 e. The molecule has 0 spiro atoms. The van der Waals surface area contributed by atoms with Crippen LogP contribution in [0.4, 0.5) is 13.2 Å². The molecule has 2 heterocycles. The van der Waals surface area contributed by atoms with E-state index in [9.17, 15) is 18.4 Å². The highest BCUT2D eigenvalue weighted by molar-refractivity contribution is 5.57. The first kappa shape index (κ1) is 18.4. The van der Waals surface area contributed by atoms with Crippen LogP contribution in [0.1, 0.15) is 29.7 Å². The normalized spacial score (nSPS) is 16.4. The molecule has 0 aliphatic carbocycles. The van der Waals surface area contributed by atoms with Crippen LogP contribution in [0.5, 0.6) is 17.4 Å². The predicted octanol–water partition coefficient (Wildman–Crippen LogP) is 3.05. The summed E-state index contributed by atoms with van der Waals surface area (Å²) in [6.07, 6.45) is -4.72. The molecule has 1 unspecified atom stereocenters. The van der Waals surface area contributed by atoms with Crippen molar-refractivity contribution in [2.75, 3.05) is 13.7 Å². The lowest BCUT2D eigenvalue weighted by Gasteiger charge is -2.25. The summed E-state index contributed by atoms with van der Waals surface area (Å²) in [4.78, 5) is 0. The molecule has 0 radical (unpaired) electrons. The standard InChI is InChI=1S/C17H15F3N4O3/c1-3-26-10-5-4-8(6-11(10)25-2)12-9(7-21)15(22)27-16-13(12)14(23-24-16)17(18,19)20/h4-6,12H,3,22H2,1-2H3,(H,23,24). The third-order valence-electron chi connectivity index (χ3n) is 4.04. The Balaban J connectivity index is 2.22. The lowest BCUT2D eigenvalue weighted by atomic mass is 9.83. The summed E-state index contributed by atoms with van der Waals surface area (Å²) in [6, 6.07) is 6.45. The predicted molar refractivity (Wildman–Crippen MR) is 87.1 cm³/mol. The summed E-state index contributed by atoms with van der Waals surface area (Å²) in [7, 11) is 1.41. The third-order valence-corrected chi connectivity index (χ3v) is 4.04. The lowest BCUT2D eigenvalue weighted by Crippen LogP contribution is -2.23. The average Bonchev–Trinajstić information content (AvgIpc) is 3.04. The molecule has 1 aromatic carbocycles. The average molecular weight is 380 g/mol. The fourth-order valence-electron chi connectivity index (χ4n) is 2.93. The molecule has 0 saturated heterocycles. The zero-order chi connectivity index (χ0) is 19.8. The van der Waals surface area contributed by atoms with E-state index in [1.54, 1.807) is 19.1 Å². The van der Waals surface area contributed by atoms with Gasteiger partial charge in [0.2, 0.25) is 11.8 Å². The number of nitriles is 1. The van der Waals surface area contributed by atoms with Crippen molar-refractivity contribution in [3.63, 3.8) is 0 Å². The Hall–Kier alpha value is -3.35. The first-order chi connectivity index (χ1) is 12.8. The minimum atomic E-state index is -4.72. The van der Waals surface area contributed by atoms with Gasteiger partial charge in [-0.2, -0.15) is 18.4 Å². The minimum Gasteiger partial charge on any atom is -0.493 e. The number of rotatable bonds is 4. The summed E-state index contributed by atoms with van der Waals surface area (Å²) in [5, 5.41) is 15.0. The number of aromatic nitrogens is 2. The van der Waals surface area contributed by atoms with Crippen molar-refractivity contribution in [2.24, 2.45) is 5.73 Å². The number of halogens is 3. The van der Waals surface area contributed by atoms with Gasteiger partial charge in [0.25, 0.3) is 0 Å². The number of aromatic amines is 1. The summed E-state index contributed by atoms with van der Waals surface area (Å²) in [5.74, 6) is -1.01. The molecule has 3 N–H and O–H groups in total. The molecule has 2 aromatic rings. The van der Waals surface area contributed by atoms with Gasteiger partial charge in [0.1, 0.15) is 17.3 Å². The van der Waals surface area contributed by atoms with Gasteiger partial charge in [-0.15, -0.1) is 5.10 Å². The third kappa shape index (κ3) is 3.12. The maximum atomic E-state index is 13.4. The van der Waals surface area contributed by atoms with E-state index in [0.29, 0.717) is 23.7 Å². The van der Waals surface area contributed by atoms with Crippen molar-refractivity contribution < 1.29 is 27.4 Å². The summed E-state index contributed by atoms with van der Waals surface area (Å²) in [6.45, 7) is 2.17. The van der Waals surface area contributed by atoms with Gasteiger partial charge >= 0.3 is 6.18 Å². The zero-order valence-corrected chi connectivity index (χ0v) is 14.3. The SMILES string of the molecule is CCOc1ccc(C2C(C#N)=C(N)Oc3n[nH]c(C(F)(F)F)c32)cc1OC. The number of methoxy groups -OCH3 is 1. The molecule has 1 aliphatic heterocycles. The van der Waals surface area contributed by atoms with Crippen LogP contribution in [0.2, 0.25) is 0 Å². The lowest BCUT2D eigenvalue weighted by molar-refractivity contribution is -0.141. The quantitative estimate of drug-likeness (QED) is 0.844. The van der Waals surface area contributed by atoms with E-state index in [-0.39, 0.29) is 22.9 Å². The summed E-state index contributed by atoms with van der Waals surface area (Å²) < 4.78 is 56.1. The number of nitrogens with one attached hydrogen (secondary N) is 1. The van der Waals surface area contributed by atoms with Gasteiger partial charge in [0, 0.05) is 0 Å². The number of alkyl halides is 3. The molecule has 0 amide bonds. The number of nitrogens with two attached hydrogens (primary N) is 1. The smallest absolute Gasteiger partial charge is 0.433 e. The van der Waals surface area contributed by atoms with Gasteiger partial charge in [0.05, 0.1) is 25.2 Å². The number of H-pyrrole nitrogens is 1. The summed E-state index contributed by atoms with van der Waals surface area (Å²) in [5.41, 5.74) is 4.54. The number of allylic oxidation sites excluding steroid dienone is 1. The zero-order valence-electron chi connectivity index (χ0n) is 14.3. The topological polar surface area (TPSA) is 106 Å². The van der Waals surface area contributed by atoms with Crippen molar-refractivity contribution in [1.82, 2.24) is 10.2 Å². The molecule has 1 aliphatic rings. The maximum Gasteiger partial charge on any atom is 0.433 e. The van der Waals surface area contributed by atoms with Crippen LogP contribution in [0, 0.1) is 11.3 Å². The van der Waals surface area contributed by atoms with Gasteiger partial charge in [-0.3, -0.25) is 5.10 Å². The van der Waals surface area contributed by atoms with Crippen molar-refractivity contribution in [2.45, 2.75) is 19.0 Å². The van der Waals surface area contributed by atoms with E-state index >= 15 is 0 Å². The number of fused-ring (bicyclic) bond motifs is 1. The van der Waals surface area contributed by atoms with Gasteiger partial charge < -0.3 is 19.9 Å². The second-order valence-corrected chi connectivity index (χ2v) is 5.58. The number of hydrogen-bond acceptors (Lipinski definition) is 6. The molecule has 0 fully saturated rings.